The van der Waals surface area contributed by atoms with Gasteiger partial charge >= 0.3 is 0 Å². The summed E-state index contributed by atoms with van der Waals surface area (Å²) in [6.45, 7) is 4.95. The minimum Gasteiger partial charge on any atom is -0.491 e. The van der Waals surface area contributed by atoms with Gasteiger partial charge in [-0.05, 0) is 13.0 Å². The molecule has 1 aromatic rings. The van der Waals surface area contributed by atoms with Gasteiger partial charge in [0, 0.05) is 38.8 Å². The molecule has 3 aliphatic rings. The summed E-state index contributed by atoms with van der Waals surface area (Å²) in [7, 11) is 1.75. The second-order valence-electron chi connectivity index (χ2n) is 7.15. The van der Waals surface area contributed by atoms with E-state index >= 15 is 0 Å². The molecule has 0 unspecified atom stereocenters. The average Bonchev–Trinajstić information content (AvgIpc) is 2.87. The highest BCUT2D eigenvalue weighted by molar-refractivity contribution is 5.94. The number of allylic oxidation sites excluding steroid dienone is 1. The van der Waals surface area contributed by atoms with Gasteiger partial charge in [-0.2, -0.15) is 5.10 Å². The van der Waals surface area contributed by atoms with E-state index in [1.54, 1.807) is 35.8 Å². The van der Waals surface area contributed by atoms with Crippen molar-refractivity contribution in [2.75, 3.05) is 46.1 Å². The van der Waals surface area contributed by atoms with Crippen LogP contribution >= 0.6 is 0 Å². The lowest BCUT2D eigenvalue weighted by atomic mass is 10.1. The molecule has 0 spiro atoms. The lowest BCUT2D eigenvalue weighted by molar-refractivity contribution is -0.134. The maximum Gasteiger partial charge on any atom is 0.292 e. The molecule has 4 heterocycles. The van der Waals surface area contributed by atoms with Crippen LogP contribution in [-0.4, -0.2) is 83.5 Å². The molecule has 0 saturated carbocycles. The molecule has 3 aliphatic heterocycles. The Morgan fingerprint density at radius 2 is 1.93 bits per heavy atom. The molecule has 4 rings (SSSR count). The van der Waals surface area contributed by atoms with Crippen molar-refractivity contribution < 1.29 is 23.8 Å². The summed E-state index contributed by atoms with van der Waals surface area (Å²) in [5.74, 6) is 0.562. The van der Waals surface area contributed by atoms with Crippen LogP contribution in [0.15, 0.2) is 23.8 Å². The van der Waals surface area contributed by atoms with E-state index in [1.807, 2.05) is 4.90 Å². The smallest absolute Gasteiger partial charge is 0.292 e. The fraction of sp³-hybridized carbons (Fsp3) is 0.611. The van der Waals surface area contributed by atoms with E-state index in [0.29, 0.717) is 57.5 Å². The SMILES string of the molecule is CC1=C(C(=O)N2C[C@@H]3COC[C@H](C2)N(C(=O)c2ccnn2C)C3)OCCO1. The first kappa shape index (κ1) is 17.8. The summed E-state index contributed by atoms with van der Waals surface area (Å²) in [5, 5.41) is 4.09. The maximum atomic E-state index is 13.1. The molecule has 27 heavy (non-hydrogen) atoms. The fourth-order valence-corrected chi connectivity index (χ4v) is 3.85. The Kier molecular flexibility index (Phi) is 4.77. The van der Waals surface area contributed by atoms with Gasteiger partial charge in [0.05, 0.1) is 19.3 Å². The third kappa shape index (κ3) is 3.39. The van der Waals surface area contributed by atoms with Crippen LogP contribution in [0.2, 0.25) is 0 Å². The van der Waals surface area contributed by atoms with E-state index in [9.17, 15) is 9.59 Å². The number of carbonyl (C=O) groups is 2. The van der Waals surface area contributed by atoms with Crippen LogP contribution in [0.4, 0.5) is 0 Å². The zero-order valence-electron chi connectivity index (χ0n) is 15.6. The molecule has 2 amide bonds. The van der Waals surface area contributed by atoms with Crippen molar-refractivity contribution in [1.82, 2.24) is 19.6 Å². The van der Waals surface area contributed by atoms with Crippen molar-refractivity contribution in [2.45, 2.75) is 13.0 Å². The molecule has 0 radical (unpaired) electrons. The van der Waals surface area contributed by atoms with Crippen LogP contribution < -0.4 is 0 Å². The van der Waals surface area contributed by atoms with Crippen LogP contribution in [0.25, 0.3) is 0 Å². The number of fused-ring (bicyclic) bond motifs is 3. The van der Waals surface area contributed by atoms with Crippen LogP contribution in [0, 0.1) is 5.92 Å². The molecular formula is C18H24N4O5. The first-order valence-corrected chi connectivity index (χ1v) is 9.17. The van der Waals surface area contributed by atoms with E-state index in [0.717, 1.165) is 0 Å². The van der Waals surface area contributed by atoms with Crippen LogP contribution in [-0.2, 0) is 26.1 Å². The van der Waals surface area contributed by atoms with Crippen LogP contribution in [0.1, 0.15) is 17.4 Å². The normalized spacial score (nSPS) is 25.6. The van der Waals surface area contributed by atoms with Crippen LogP contribution in [0.5, 0.6) is 0 Å². The molecule has 1 aromatic heterocycles. The number of aromatic nitrogens is 2. The predicted molar refractivity (Wildman–Crippen MR) is 93.5 cm³/mol. The number of hydrogen-bond donors (Lipinski definition) is 0. The van der Waals surface area contributed by atoms with Crippen molar-refractivity contribution in [3.05, 3.63) is 29.5 Å². The summed E-state index contributed by atoms with van der Waals surface area (Å²) in [6, 6.07) is 1.50. The van der Waals surface area contributed by atoms with Gasteiger partial charge in [-0.1, -0.05) is 0 Å². The largest absolute Gasteiger partial charge is 0.491 e. The van der Waals surface area contributed by atoms with Crippen molar-refractivity contribution >= 4 is 11.8 Å². The first-order chi connectivity index (χ1) is 13.0. The lowest BCUT2D eigenvalue weighted by Gasteiger charge is -2.32. The highest BCUT2D eigenvalue weighted by atomic mass is 16.6. The lowest BCUT2D eigenvalue weighted by Crippen LogP contribution is -2.48. The van der Waals surface area contributed by atoms with E-state index < -0.39 is 0 Å². The van der Waals surface area contributed by atoms with E-state index in [1.165, 1.54) is 0 Å². The molecule has 146 valence electrons. The monoisotopic (exact) mass is 376 g/mol. The van der Waals surface area contributed by atoms with Crippen molar-refractivity contribution in [3.8, 4) is 0 Å². The number of carbonyl (C=O) groups excluding carboxylic acids is 2. The molecule has 2 atom stereocenters. The van der Waals surface area contributed by atoms with Gasteiger partial charge in [0.1, 0.15) is 24.7 Å². The molecule has 9 nitrogen and oxygen atoms in total. The average molecular weight is 376 g/mol. The quantitative estimate of drug-likeness (QED) is 0.722. The van der Waals surface area contributed by atoms with Gasteiger partial charge in [0.2, 0.25) is 5.76 Å². The zero-order chi connectivity index (χ0) is 19.0. The van der Waals surface area contributed by atoms with Gasteiger partial charge < -0.3 is 24.0 Å². The molecule has 0 aliphatic carbocycles. The van der Waals surface area contributed by atoms with E-state index in [-0.39, 0.29) is 29.5 Å². The molecular weight excluding hydrogens is 352 g/mol. The molecule has 0 aromatic carbocycles. The first-order valence-electron chi connectivity index (χ1n) is 9.17. The Bertz CT molecular complexity index is 774. The van der Waals surface area contributed by atoms with Crippen molar-refractivity contribution in [3.63, 3.8) is 0 Å². The molecule has 0 N–H and O–H groups in total. The summed E-state index contributed by atoms with van der Waals surface area (Å²) < 4.78 is 18.3. The molecule has 2 fully saturated rings. The Hall–Kier alpha value is -2.55. The van der Waals surface area contributed by atoms with Crippen molar-refractivity contribution in [2.24, 2.45) is 13.0 Å². The van der Waals surface area contributed by atoms with Gasteiger partial charge in [0.25, 0.3) is 11.8 Å². The Labute approximate surface area is 157 Å². The second-order valence-corrected chi connectivity index (χ2v) is 7.15. The highest BCUT2D eigenvalue weighted by Crippen LogP contribution is 2.24. The van der Waals surface area contributed by atoms with Gasteiger partial charge in [-0.15, -0.1) is 0 Å². The zero-order valence-corrected chi connectivity index (χ0v) is 15.6. The standard InChI is InChI=1S/C18H24N4O5/c1-12-16(27-6-5-26-12)18(24)21-7-13-8-22(14(9-21)11-25-10-13)17(23)15-3-4-19-20(15)2/h3-4,13-14H,5-11H2,1-2H3/t13-,14-/m0/s1. The molecule has 2 bridgehead atoms. The summed E-state index contributed by atoms with van der Waals surface area (Å²) in [6.07, 6.45) is 1.61. The maximum absolute atomic E-state index is 13.1. The predicted octanol–water partition coefficient (Wildman–Crippen LogP) is -0.00220. The highest BCUT2D eigenvalue weighted by Gasteiger charge is 2.39. The number of amides is 2. The fourth-order valence-electron chi connectivity index (χ4n) is 3.85. The number of aryl methyl sites for hydroxylation is 1. The van der Waals surface area contributed by atoms with Crippen molar-refractivity contribution in [1.29, 1.82) is 0 Å². The molecule has 9 heteroatoms. The third-order valence-corrected chi connectivity index (χ3v) is 5.22. The summed E-state index contributed by atoms with van der Waals surface area (Å²) >= 11 is 0. The number of hydrogen-bond acceptors (Lipinski definition) is 6. The Morgan fingerprint density at radius 3 is 2.67 bits per heavy atom. The minimum atomic E-state index is -0.214. The Morgan fingerprint density at radius 1 is 1.11 bits per heavy atom. The minimum absolute atomic E-state index is 0.0454. The Balaban J connectivity index is 1.57. The third-order valence-electron chi connectivity index (χ3n) is 5.22. The number of nitrogens with zero attached hydrogens (tertiary/aromatic N) is 4. The van der Waals surface area contributed by atoms with E-state index in [2.05, 4.69) is 5.10 Å². The summed E-state index contributed by atoms with van der Waals surface area (Å²) in [4.78, 5) is 29.7. The van der Waals surface area contributed by atoms with E-state index in [4.69, 9.17) is 14.2 Å². The number of ether oxygens (including phenoxy) is 3. The van der Waals surface area contributed by atoms with Gasteiger partial charge in [0.15, 0.2) is 0 Å². The summed E-state index contributed by atoms with van der Waals surface area (Å²) in [5.41, 5.74) is 0.531. The molecule has 2 saturated heterocycles. The number of rotatable bonds is 2. The van der Waals surface area contributed by atoms with Crippen LogP contribution in [0.3, 0.4) is 0 Å². The second kappa shape index (κ2) is 7.22. The van der Waals surface area contributed by atoms with Gasteiger partial charge in [-0.25, -0.2) is 0 Å². The van der Waals surface area contributed by atoms with Gasteiger partial charge in [-0.3, -0.25) is 14.3 Å². The topological polar surface area (TPSA) is 86.1 Å².